The fourth-order valence-electron chi connectivity index (χ4n) is 3.08. The summed E-state index contributed by atoms with van der Waals surface area (Å²) in [6.45, 7) is 4.45. The number of rotatable bonds is 4. The number of para-hydroxylation sites is 2. The van der Waals surface area contributed by atoms with Crippen molar-refractivity contribution in [3.63, 3.8) is 0 Å². The summed E-state index contributed by atoms with van der Waals surface area (Å²) in [5.74, 6) is 0.564. The molecular weight excluding hydrogens is 330 g/mol. The fourth-order valence-corrected chi connectivity index (χ4v) is 3.08. The van der Waals surface area contributed by atoms with Crippen molar-refractivity contribution < 1.29 is 14.3 Å². The van der Waals surface area contributed by atoms with E-state index in [1.54, 1.807) is 38.3 Å². The third-order valence-electron chi connectivity index (χ3n) is 4.55. The van der Waals surface area contributed by atoms with Gasteiger partial charge >= 0.3 is 0 Å². The Kier molecular flexibility index (Phi) is 5.41. The second kappa shape index (κ2) is 7.91. The predicted molar refractivity (Wildman–Crippen MR) is 102 cm³/mol. The number of nitrogens with zero attached hydrogens (tertiary/aromatic N) is 2. The molecule has 1 aliphatic heterocycles. The number of piperazine rings is 1. The highest BCUT2D eigenvalue weighted by Crippen LogP contribution is 2.27. The van der Waals surface area contributed by atoms with E-state index in [0.717, 1.165) is 24.5 Å². The van der Waals surface area contributed by atoms with E-state index < -0.39 is 0 Å². The summed E-state index contributed by atoms with van der Waals surface area (Å²) in [7, 11) is 1.58. The molecule has 6 heteroatoms. The van der Waals surface area contributed by atoms with Crippen LogP contribution in [0.1, 0.15) is 17.3 Å². The third kappa shape index (κ3) is 3.96. The number of anilines is 2. The smallest absolute Gasteiger partial charge is 0.255 e. The zero-order chi connectivity index (χ0) is 18.5. The van der Waals surface area contributed by atoms with Crippen LogP contribution in [0.5, 0.6) is 5.75 Å². The van der Waals surface area contributed by atoms with E-state index in [9.17, 15) is 9.59 Å². The number of hydrogen-bond acceptors (Lipinski definition) is 4. The number of nitrogens with one attached hydrogen (secondary N) is 1. The van der Waals surface area contributed by atoms with Gasteiger partial charge in [-0.05, 0) is 30.3 Å². The van der Waals surface area contributed by atoms with E-state index in [-0.39, 0.29) is 11.8 Å². The van der Waals surface area contributed by atoms with Gasteiger partial charge in [0.2, 0.25) is 5.91 Å². The van der Waals surface area contributed by atoms with Gasteiger partial charge in [-0.3, -0.25) is 9.59 Å². The van der Waals surface area contributed by atoms with E-state index in [0.29, 0.717) is 24.4 Å². The van der Waals surface area contributed by atoms with Gasteiger partial charge in [0.1, 0.15) is 5.75 Å². The summed E-state index contributed by atoms with van der Waals surface area (Å²) in [6.07, 6.45) is 0. The van der Waals surface area contributed by atoms with Crippen LogP contribution in [-0.4, -0.2) is 50.0 Å². The van der Waals surface area contributed by atoms with Crippen LogP contribution >= 0.6 is 0 Å². The molecule has 0 aliphatic carbocycles. The molecular formula is C20H23N3O3. The number of carbonyl (C=O) groups is 2. The Morgan fingerprint density at radius 1 is 1.00 bits per heavy atom. The van der Waals surface area contributed by atoms with Crippen molar-refractivity contribution in [1.29, 1.82) is 0 Å². The molecule has 0 unspecified atom stereocenters. The van der Waals surface area contributed by atoms with Crippen molar-refractivity contribution in [2.75, 3.05) is 43.5 Å². The van der Waals surface area contributed by atoms with Crippen LogP contribution in [0.25, 0.3) is 0 Å². The van der Waals surface area contributed by atoms with Crippen molar-refractivity contribution in [1.82, 2.24) is 4.90 Å². The maximum absolute atomic E-state index is 12.6. The highest BCUT2D eigenvalue weighted by molar-refractivity contribution is 6.06. The average Bonchev–Trinajstić information content (AvgIpc) is 2.68. The molecule has 1 heterocycles. The van der Waals surface area contributed by atoms with Crippen LogP contribution in [0.4, 0.5) is 11.4 Å². The molecule has 1 saturated heterocycles. The minimum absolute atomic E-state index is 0.101. The molecule has 1 N–H and O–H groups in total. The predicted octanol–water partition coefficient (Wildman–Crippen LogP) is 2.62. The minimum Gasteiger partial charge on any atom is -0.497 e. The van der Waals surface area contributed by atoms with Crippen LogP contribution in [0.2, 0.25) is 0 Å². The molecule has 1 fully saturated rings. The first kappa shape index (κ1) is 17.8. The van der Waals surface area contributed by atoms with E-state index in [2.05, 4.69) is 10.2 Å². The van der Waals surface area contributed by atoms with Crippen molar-refractivity contribution in [3.05, 3.63) is 54.1 Å². The Labute approximate surface area is 153 Å². The second-order valence-electron chi connectivity index (χ2n) is 6.20. The van der Waals surface area contributed by atoms with Crippen molar-refractivity contribution >= 4 is 23.2 Å². The number of methoxy groups -OCH3 is 1. The molecule has 2 aromatic carbocycles. The molecule has 6 nitrogen and oxygen atoms in total. The van der Waals surface area contributed by atoms with Gasteiger partial charge in [-0.15, -0.1) is 0 Å². The van der Waals surface area contributed by atoms with Gasteiger partial charge in [-0.25, -0.2) is 0 Å². The first-order valence-corrected chi connectivity index (χ1v) is 8.63. The Hall–Kier alpha value is -3.02. The van der Waals surface area contributed by atoms with Gasteiger partial charge in [0, 0.05) is 38.7 Å². The lowest BCUT2D eigenvalue weighted by Crippen LogP contribution is -2.48. The Morgan fingerprint density at radius 3 is 2.42 bits per heavy atom. The van der Waals surface area contributed by atoms with Crippen LogP contribution in [-0.2, 0) is 4.79 Å². The fraction of sp³-hybridized carbons (Fsp3) is 0.300. The van der Waals surface area contributed by atoms with Gasteiger partial charge in [-0.1, -0.05) is 18.2 Å². The average molecular weight is 353 g/mol. The lowest BCUT2D eigenvalue weighted by Gasteiger charge is -2.36. The molecule has 2 aromatic rings. The molecule has 2 amide bonds. The highest BCUT2D eigenvalue weighted by Gasteiger charge is 2.21. The van der Waals surface area contributed by atoms with E-state index in [1.807, 2.05) is 29.2 Å². The number of hydrogen-bond donors (Lipinski definition) is 1. The lowest BCUT2D eigenvalue weighted by atomic mass is 10.1. The molecule has 0 spiro atoms. The highest BCUT2D eigenvalue weighted by atomic mass is 16.5. The van der Waals surface area contributed by atoms with Crippen molar-refractivity contribution in [2.45, 2.75) is 6.92 Å². The molecule has 0 aromatic heterocycles. The summed E-state index contributed by atoms with van der Waals surface area (Å²) >= 11 is 0. The number of benzene rings is 2. The lowest BCUT2D eigenvalue weighted by molar-refractivity contribution is -0.129. The van der Waals surface area contributed by atoms with Crippen molar-refractivity contribution in [3.8, 4) is 5.75 Å². The first-order valence-electron chi connectivity index (χ1n) is 8.63. The van der Waals surface area contributed by atoms with Crippen LogP contribution in [0.3, 0.4) is 0 Å². The van der Waals surface area contributed by atoms with Crippen LogP contribution < -0.4 is 15.0 Å². The van der Waals surface area contributed by atoms with Gasteiger partial charge in [-0.2, -0.15) is 0 Å². The van der Waals surface area contributed by atoms with E-state index >= 15 is 0 Å². The Morgan fingerprint density at radius 2 is 1.73 bits per heavy atom. The zero-order valence-electron chi connectivity index (χ0n) is 15.1. The molecule has 0 saturated carbocycles. The number of amides is 2. The zero-order valence-corrected chi connectivity index (χ0v) is 15.1. The Balaban J connectivity index is 1.75. The molecule has 0 atom stereocenters. The second-order valence-corrected chi connectivity index (χ2v) is 6.20. The normalized spacial score (nSPS) is 14.1. The summed E-state index contributed by atoms with van der Waals surface area (Å²) < 4.78 is 5.18. The SMILES string of the molecule is COc1cccc(C(=O)Nc2ccccc2N2CCN(C(C)=O)CC2)c1. The number of ether oxygens (including phenoxy) is 1. The monoisotopic (exact) mass is 353 g/mol. The van der Waals surface area contributed by atoms with Crippen LogP contribution in [0, 0.1) is 0 Å². The minimum atomic E-state index is -0.182. The van der Waals surface area contributed by atoms with Gasteiger partial charge in [0.05, 0.1) is 18.5 Å². The molecule has 136 valence electrons. The number of carbonyl (C=O) groups excluding carboxylic acids is 2. The van der Waals surface area contributed by atoms with Gasteiger partial charge in [0.25, 0.3) is 5.91 Å². The van der Waals surface area contributed by atoms with Crippen LogP contribution in [0.15, 0.2) is 48.5 Å². The largest absolute Gasteiger partial charge is 0.497 e. The van der Waals surface area contributed by atoms with E-state index in [1.165, 1.54) is 0 Å². The van der Waals surface area contributed by atoms with Gasteiger partial charge < -0.3 is 19.9 Å². The van der Waals surface area contributed by atoms with E-state index in [4.69, 9.17) is 4.74 Å². The molecule has 0 bridgehead atoms. The third-order valence-corrected chi connectivity index (χ3v) is 4.55. The maximum Gasteiger partial charge on any atom is 0.255 e. The summed E-state index contributed by atoms with van der Waals surface area (Å²) in [5.41, 5.74) is 2.27. The first-order chi connectivity index (χ1) is 12.6. The van der Waals surface area contributed by atoms with Gasteiger partial charge in [0.15, 0.2) is 0 Å². The summed E-state index contributed by atoms with van der Waals surface area (Å²) in [5, 5.41) is 2.99. The summed E-state index contributed by atoms with van der Waals surface area (Å²) in [6, 6.07) is 14.8. The molecule has 26 heavy (non-hydrogen) atoms. The molecule has 0 radical (unpaired) electrons. The maximum atomic E-state index is 12.6. The summed E-state index contributed by atoms with van der Waals surface area (Å²) in [4.78, 5) is 28.2. The topological polar surface area (TPSA) is 61.9 Å². The van der Waals surface area contributed by atoms with Crippen molar-refractivity contribution in [2.24, 2.45) is 0 Å². The quantitative estimate of drug-likeness (QED) is 0.918. The molecule has 1 aliphatic rings. The standard InChI is InChI=1S/C20H23N3O3/c1-15(24)22-10-12-23(13-11-22)19-9-4-3-8-18(19)21-20(25)16-6-5-7-17(14-16)26-2/h3-9,14H,10-13H2,1-2H3,(H,21,25). The molecule has 3 rings (SSSR count). The Bertz CT molecular complexity index is 798.